The first-order chi connectivity index (χ1) is 21.1. The normalized spacial score (nSPS) is 13.2. The van der Waals surface area contributed by atoms with Crippen molar-refractivity contribution in [1.29, 1.82) is 0 Å². The molecule has 228 valence electrons. The molecule has 4 aromatic rings. The van der Waals surface area contributed by atoms with Gasteiger partial charge in [0.25, 0.3) is 5.56 Å². The molecule has 13 heteroatoms. The van der Waals surface area contributed by atoms with Gasteiger partial charge in [0.2, 0.25) is 17.8 Å². The molecule has 0 aliphatic carbocycles. The standard InChI is InChI=1S/C31H34N8O5/c1-6-27(41)33-21-8-7-9-23(16-21)39-28-24(29(42)38(19(2)3)31(39)43)18-32-30(35-28)34-25-11-10-22(17-26(25)44-5)37-14-12-36(13-15-37)20(4)40/h6-11,16-19H,1,12-15H2,2-5H3,(H,33,41)(H,32,34,35). The summed E-state index contributed by atoms with van der Waals surface area (Å²) in [5, 5.41) is 6.00. The molecule has 13 nitrogen and oxygen atoms in total. The summed E-state index contributed by atoms with van der Waals surface area (Å²) in [6, 6.07) is 11.9. The second-order valence-corrected chi connectivity index (χ2v) is 10.6. The number of hydrogen-bond donors (Lipinski definition) is 2. The number of amides is 2. The molecule has 5 rings (SSSR count). The van der Waals surface area contributed by atoms with Crippen LogP contribution in [0.25, 0.3) is 16.7 Å². The Hall–Kier alpha value is -5.46. The van der Waals surface area contributed by atoms with Gasteiger partial charge in [-0.1, -0.05) is 12.6 Å². The van der Waals surface area contributed by atoms with Gasteiger partial charge in [0, 0.05) is 62.8 Å². The highest BCUT2D eigenvalue weighted by atomic mass is 16.5. The number of aromatic nitrogens is 4. The number of ether oxygens (including phenoxy) is 1. The number of carbonyl (C=O) groups is 2. The van der Waals surface area contributed by atoms with Gasteiger partial charge in [-0.2, -0.15) is 4.98 Å². The third-order valence-corrected chi connectivity index (χ3v) is 7.42. The average Bonchev–Trinajstić information content (AvgIpc) is 3.01. The highest BCUT2D eigenvalue weighted by molar-refractivity contribution is 5.99. The van der Waals surface area contributed by atoms with E-state index >= 15 is 0 Å². The molecule has 1 saturated heterocycles. The van der Waals surface area contributed by atoms with Crippen LogP contribution in [0.1, 0.15) is 26.8 Å². The smallest absolute Gasteiger partial charge is 0.337 e. The fourth-order valence-electron chi connectivity index (χ4n) is 5.15. The van der Waals surface area contributed by atoms with E-state index in [1.54, 1.807) is 52.1 Å². The van der Waals surface area contributed by atoms with Gasteiger partial charge < -0.3 is 25.2 Å². The van der Waals surface area contributed by atoms with Gasteiger partial charge in [-0.05, 0) is 50.3 Å². The molecule has 0 atom stereocenters. The van der Waals surface area contributed by atoms with E-state index in [2.05, 4.69) is 32.1 Å². The van der Waals surface area contributed by atoms with Crippen LogP contribution in [0.4, 0.5) is 23.0 Å². The minimum absolute atomic E-state index is 0.0675. The van der Waals surface area contributed by atoms with E-state index in [9.17, 15) is 19.2 Å². The number of rotatable bonds is 8. The Bertz CT molecular complexity index is 1870. The highest BCUT2D eigenvalue weighted by Gasteiger charge is 2.21. The maximum absolute atomic E-state index is 13.7. The van der Waals surface area contributed by atoms with Crippen LogP contribution in [0.3, 0.4) is 0 Å². The van der Waals surface area contributed by atoms with Gasteiger partial charge in [0.05, 0.1) is 18.5 Å². The lowest BCUT2D eigenvalue weighted by Crippen LogP contribution is -2.48. The fourth-order valence-corrected chi connectivity index (χ4v) is 5.15. The first kappa shape index (κ1) is 30.0. The van der Waals surface area contributed by atoms with Crippen LogP contribution < -0.4 is 31.5 Å². The van der Waals surface area contributed by atoms with Crippen molar-refractivity contribution in [2.24, 2.45) is 0 Å². The number of nitrogens with one attached hydrogen (secondary N) is 2. The third kappa shape index (κ3) is 5.89. The van der Waals surface area contributed by atoms with Crippen LogP contribution in [0.5, 0.6) is 5.75 Å². The Morgan fingerprint density at radius 1 is 1.05 bits per heavy atom. The van der Waals surface area contributed by atoms with Crippen LogP contribution in [-0.2, 0) is 9.59 Å². The summed E-state index contributed by atoms with van der Waals surface area (Å²) in [5.74, 6) is 0.347. The molecule has 1 fully saturated rings. The summed E-state index contributed by atoms with van der Waals surface area (Å²) < 4.78 is 8.14. The Labute approximate surface area is 253 Å². The van der Waals surface area contributed by atoms with Gasteiger partial charge in [0.1, 0.15) is 11.1 Å². The van der Waals surface area contributed by atoms with Gasteiger partial charge in [0.15, 0.2) is 5.65 Å². The first-order valence-electron chi connectivity index (χ1n) is 14.1. The summed E-state index contributed by atoms with van der Waals surface area (Å²) in [7, 11) is 1.56. The zero-order chi connectivity index (χ0) is 31.5. The second-order valence-electron chi connectivity index (χ2n) is 10.6. The first-order valence-corrected chi connectivity index (χ1v) is 14.1. The predicted molar refractivity (Wildman–Crippen MR) is 169 cm³/mol. The molecule has 2 aromatic carbocycles. The Morgan fingerprint density at radius 3 is 2.45 bits per heavy atom. The van der Waals surface area contributed by atoms with Crippen molar-refractivity contribution in [2.45, 2.75) is 26.8 Å². The lowest BCUT2D eigenvalue weighted by molar-refractivity contribution is -0.129. The minimum atomic E-state index is -0.582. The van der Waals surface area contributed by atoms with Crippen molar-refractivity contribution in [2.75, 3.05) is 48.8 Å². The zero-order valence-electron chi connectivity index (χ0n) is 25.0. The number of benzene rings is 2. The molecule has 3 heterocycles. The van der Waals surface area contributed by atoms with Crippen LogP contribution in [0, 0.1) is 0 Å². The maximum Gasteiger partial charge on any atom is 0.337 e. The monoisotopic (exact) mass is 598 g/mol. The molecule has 2 aromatic heterocycles. The molecule has 0 radical (unpaired) electrons. The Morgan fingerprint density at radius 2 is 1.80 bits per heavy atom. The average molecular weight is 599 g/mol. The quantitative estimate of drug-likeness (QED) is 0.293. The second kappa shape index (κ2) is 12.4. The van der Waals surface area contributed by atoms with Crippen molar-refractivity contribution in [1.82, 2.24) is 24.0 Å². The van der Waals surface area contributed by atoms with Crippen molar-refractivity contribution in [3.05, 3.63) is 82.2 Å². The predicted octanol–water partition coefficient (Wildman–Crippen LogP) is 3.07. The van der Waals surface area contributed by atoms with Gasteiger partial charge in [-0.25, -0.2) is 14.3 Å². The molecular formula is C31H34N8O5. The van der Waals surface area contributed by atoms with E-state index in [-0.39, 0.29) is 22.9 Å². The number of anilines is 4. The third-order valence-electron chi connectivity index (χ3n) is 7.42. The van der Waals surface area contributed by atoms with E-state index in [4.69, 9.17) is 4.74 Å². The summed E-state index contributed by atoms with van der Waals surface area (Å²) in [6.07, 6.45) is 2.54. The Balaban J connectivity index is 1.55. The van der Waals surface area contributed by atoms with Crippen molar-refractivity contribution in [3.63, 3.8) is 0 Å². The zero-order valence-corrected chi connectivity index (χ0v) is 25.0. The lowest BCUT2D eigenvalue weighted by atomic mass is 10.2. The highest BCUT2D eigenvalue weighted by Crippen LogP contribution is 2.32. The molecule has 2 amide bonds. The van der Waals surface area contributed by atoms with Crippen molar-refractivity contribution < 1.29 is 14.3 Å². The summed E-state index contributed by atoms with van der Waals surface area (Å²) in [5.41, 5.74) is 1.37. The summed E-state index contributed by atoms with van der Waals surface area (Å²) >= 11 is 0. The van der Waals surface area contributed by atoms with Crippen molar-refractivity contribution in [3.8, 4) is 11.4 Å². The number of methoxy groups -OCH3 is 1. The molecule has 1 aliphatic rings. The van der Waals surface area contributed by atoms with E-state index in [1.807, 2.05) is 23.1 Å². The number of nitrogens with zero attached hydrogens (tertiary/aromatic N) is 6. The molecular weight excluding hydrogens is 564 g/mol. The molecule has 2 N–H and O–H groups in total. The van der Waals surface area contributed by atoms with E-state index in [0.29, 0.717) is 49.0 Å². The number of piperazine rings is 1. The Kier molecular flexibility index (Phi) is 8.47. The summed E-state index contributed by atoms with van der Waals surface area (Å²) in [6.45, 7) is 11.2. The molecule has 0 bridgehead atoms. The van der Waals surface area contributed by atoms with Gasteiger partial charge >= 0.3 is 5.69 Å². The van der Waals surface area contributed by atoms with Crippen molar-refractivity contribution >= 4 is 45.9 Å². The van der Waals surface area contributed by atoms with E-state index in [0.717, 1.165) is 16.3 Å². The SMILES string of the molecule is C=CC(=O)Nc1cccc(-n2c(=O)n(C(C)C)c(=O)c3cnc(Nc4ccc(N5CCN(C(C)=O)CC5)cc4OC)nc32)c1. The van der Waals surface area contributed by atoms with Crippen LogP contribution in [0.15, 0.2) is 70.9 Å². The molecule has 0 saturated carbocycles. The number of hydrogen-bond acceptors (Lipinski definition) is 9. The van der Waals surface area contributed by atoms with Gasteiger partial charge in [-0.15, -0.1) is 0 Å². The van der Waals surface area contributed by atoms with Crippen LogP contribution in [-0.4, -0.2) is 69.1 Å². The van der Waals surface area contributed by atoms with E-state index in [1.165, 1.54) is 10.8 Å². The molecule has 0 unspecified atom stereocenters. The molecule has 44 heavy (non-hydrogen) atoms. The molecule has 0 spiro atoms. The van der Waals surface area contributed by atoms with Gasteiger partial charge in [-0.3, -0.25) is 19.0 Å². The maximum atomic E-state index is 13.7. The minimum Gasteiger partial charge on any atom is -0.494 e. The van der Waals surface area contributed by atoms with Crippen LogP contribution in [0.2, 0.25) is 0 Å². The fraction of sp³-hybridized carbons (Fsp3) is 0.290. The number of fused-ring (bicyclic) bond motifs is 1. The van der Waals surface area contributed by atoms with Crippen LogP contribution >= 0.6 is 0 Å². The van der Waals surface area contributed by atoms with E-state index < -0.39 is 23.2 Å². The summed E-state index contributed by atoms with van der Waals surface area (Å²) in [4.78, 5) is 63.7. The lowest BCUT2D eigenvalue weighted by Gasteiger charge is -2.35. The largest absolute Gasteiger partial charge is 0.494 e. The number of carbonyl (C=O) groups excluding carboxylic acids is 2. The topological polar surface area (TPSA) is 144 Å². The molecule has 1 aliphatic heterocycles.